The molecule has 1 atom stereocenters. The molecule has 1 aromatic carbocycles. The number of amides is 1. The Morgan fingerprint density at radius 3 is 2.36 bits per heavy atom. The second kappa shape index (κ2) is 11.0. The maximum Gasteiger partial charge on any atom is 0.408 e. The van der Waals surface area contributed by atoms with Gasteiger partial charge in [0.15, 0.2) is 0 Å². The summed E-state index contributed by atoms with van der Waals surface area (Å²) in [6.07, 6.45) is 8.01. The molecule has 1 aromatic heterocycles. The van der Waals surface area contributed by atoms with Crippen molar-refractivity contribution in [1.82, 2.24) is 10.3 Å². The number of ether oxygens (including phenoxy) is 2. The van der Waals surface area contributed by atoms with Crippen LogP contribution in [0.2, 0.25) is 0 Å². The topological polar surface area (TPSA) is 72.5 Å². The third-order valence-corrected chi connectivity index (χ3v) is 6.21. The molecule has 1 saturated carbocycles. The van der Waals surface area contributed by atoms with E-state index in [2.05, 4.69) is 15.6 Å². The zero-order valence-corrected chi connectivity index (χ0v) is 20.8. The van der Waals surface area contributed by atoms with E-state index in [1.807, 2.05) is 64.1 Å². The van der Waals surface area contributed by atoms with Gasteiger partial charge in [0.1, 0.15) is 16.3 Å². The summed E-state index contributed by atoms with van der Waals surface area (Å²) in [5, 5.41) is 6.33. The summed E-state index contributed by atoms with van der Waals surface area (Å²) in [4.78, 5) is 17.6. The van der Waals surface area contributed by atoms with E-state index >= 15 is 0 Å². The van der Waals surface area contributed by atoms with Gasteiger partial charge < -0.3 is 20.1 Å². The van der Waals surface area contributed by atoms with Gasteiger partial charge in [-0.25, -0.2) is 9.78 Å². The molecule has 0 aliphatic heterocycles. The lowest BCUT2D eigenvalue weighted by atomic mass is 9.80. The normalized spacial score (nSPS) is 16.4. The molecule has 0 spiro atoms. The van der Waals surface area contributed by atoms with Crippen molar-refractivity contribution in [3.63, 3.8) is 0 Å². The number of carbonyl (C=O) groups is 1. The Labute approximate surface area is 202 Å². The minimum Gasteiger partial charge on any atom is -0.444 e. The standard InChI is InChI=1S/C26H35N3O3S/c1-25(2,3)32-24(30)29-26(4,17-19-11-7-5-8-12-19)23(33)28-20-15-16-22(27-18-20)31-21-13-9-6-10-14-21/h6,9-10,13-16,18-19H,5,7-8,11-12,17H2,1-4H3,(H,28,33)(H,29,30)/t26-/m1/s1. The molecule has 6 nitrogen and oxygen atoms in total. The summed E-state index contributed by atoms with van der Waals surface area (Å²) in [6, 6.07) is 13.2. The van der Waals surface area contributed by atoms with Crippen molar-refractivity contribution in [2.45, 2.75) is 77.4 Å². The summed E-state index contributed by atoms with van der Waals surface area (Å²) >= 11 is 5.80. The van der Waals surface area contributed by atoms with Crippen LogP contribution < -0.4 is 15.4 Å². The lowest BCUT2D eigenvalue weighted by Gasteiger charge is -2.37. The smallest absolute Gasteiger partial charge is 0.408 e. The monoisotopic (exact) mass is 469 g/mol. The molecule has 33 heavy (non-hydrogen) atoms. The summed E-state index contributed by atoms with van der Waals surface area (Å²) in [5.74, 6) is 1.73. The maximum absolute atomic E-state index is 12.6. The first-order valence-electron chi connectivity index (χ1n) is 11.6. The second-order valence-corrected chi connectivity index (χ2v) is 10.3. The fraction of sp³-hybridized carbons (Fsp3) is 0.500. The number of nitrogens with one attached hydrogen (secondary N) is 2. The van der Waals surface area contributed by atoms with E-state index in [0.29, 0.717) is 16.8 Å². The van der Waals surface area contributed by atoms with Gasteiger partial charge in [-0.15, -0.1) is 0 Å². The molecule has 0 saturated heterocycles. The number of thiocarbonyl (C=S) groups is 1. The Morgan fingerprint density at radius 2 is 1.76 bits per heavy atom. The van der Waals surface area contributed by atoms with Crippen molar-refractivity contribution in [1.29, 1.82) is 0 Å². The van der Waals surface area contributed by atoms with E-state index < -0.39 is 17.2 Å². The molecule has 2 N–H and O–H groups in total. The second-order valence-electron chi connectivity index (χ2n) is 9.92. The van der Waals surface area contributed by atoms with Crippen molar-refractivity contribution in [3.8, 4) is 11.6 Å². The highest BCUT2D eigenvalue weighted by atomic mass is 32.1. The minimum atomic E-state index is -0.737. The molecule has 178 valence electrons. The van der Waals surface area contributed by atoms with Crippen LogP contribution in [-0.4, -0.2) is 27.2 Å². The fourth-order valence-corrected chi connectivity index (χ4v) is 4.34. The summed E-state index contributed by atoms with van der Waals surface area (Å²) in [7, 11) is 0. The Balaban J connectivity index is 1.69. The van der Waals surface area contributed by atoms with Crippen molar-refractivity contribution >= 4 is 29.0 Å². The van der Waals surface area contributed by atoms with E-state index in [9.17, 15) is 4.79 Å². The number of nitrogens with zero attached hydrogens (tertiary/aromatic N) is 1. The Kier molecular flexibility index (Phi) is 8.30. The Bertz CT molecular complexity index is 922. The minimum absolute atomic E-state index is 0.463. The van der Waals surface area contributed by atoms with Gasteiger partial charge in [-0.1, -0.05) is 62.5 Å². The fourth-order valence-electron chi connectivity index (χ4n) is 4.09. The van der Waals surface area contributed by atoms with Crippen LogP contribution >= 0.6 is 12.2 Å². The van der Waals surface area contributed by atoms with Crippen LogP contribution in [0.1, 0.15) is 66.2 Å². The zero-order chi connectivity index (χ0) is 23.9. The summed E-state index contributed by atoms with van der Waals surface area (Å²) in [5.41, 5.74) is -0.580. The number of rotatable bonds is 7. The van der Waals surface area contributed by atoms with Crippen LogP contribution in [0.15, 0.2) is 48.7 Å². The van der Waals surface area contributed by atoms with E-state index in [1.54, 1.807) is 12.3 Å². The number of aromatic nitrogens is 1. The van der Waals surface area contributed by atoms with Crippen LogP contribution in [0.5, 0.6) is 11.6 Å². The van der Waals surface area contributed by atoms with Crippen LogP contribution in [0.25, 0.3) is 0 Å². The molecule has 1 amide bonds. The average molecular weight is 470 g/mol. The van der Waals surface area contributed by atoms with Gasteiger partial charge in [0.05, 0.1) is 17.4 Å². The molecule has 0 unspecified atom stereocenters. The molecule has 1 fully saturated rings. The van der Waals surface area contributed by atoms with Gasteiger partial charge in [-0.3, -0.25) is 0 Å². The molecule has 2 aromatic rings. The molecule has 1 aliphatic carbocycles. The first kappa shape index (κ1) is 25.0. The van der Waals surface area contributed by atoms with Gasteiger partial charge >= 0.3 is 6.09 Å². The van der Waals surface area contributed by atoms with Gasteiger partial charge in [0.2, 0.25) is 5.88 Å². The van der Waals surface area contributed by atoms with E-state index in [-0.39, 0.29) is 0 Å². The molecule has 7 heteroatoms. The van der Waals surface area contributed by atoms with E-state index in [1.165, 1.54) is 19.3 Å². The van der Waals surface area contributed by atoms with Crippen LogP contribution in [0, 0.1) is 5.92 Å². The molecular weight excluding hydrogens is 434 g/mol. The quantitative estimate of drug-likeness (QED) is 0.431. The molecule has 1 aliphatic rings. The van der Waals surface area contributed by atoms with Crippen LogP contribution in [-0.2, 0) is 4.74 Å². The Morgan fingerprint density at radius 1 is 1.06 bits per heavy atom. The Hall–Kier alpha value is -2.67. The van der Waals surface area contributed by atoms with Gasteiger partial charge in [-0.05, 0) is 58.2 Å². The first-order chi connectivity index (χ1) is 15.6. The highest BCUT2D eigenvalue weighted by Gasteiger charge is 2.36. The lowest BCUT2D eigenvalue weighted by molar-refractivity contribution is 0.0480. The number of carbonyl (C=O) groups excluding carboxylic acids is 1. The van der Waals surface area contributed by atoms with Gasteiger partial charge in [0.25, 0.3) is 0 Å². The number of hydrogen-bond donors (Lipinski definition) is 2. The SMILES string of the molecule is CC(C)(C)OC(=O)N[C@](C)(CC1CCCCC1)C(=S)Nc1ccc(Oc2ccccc2)nc1. The van der Waals surface area contributed by atoms with Crippen molar-refractivity contribution in [2.75, 3.05) is 5.32 Å². The highest BCUT2D eigenvalue weighted by Crippen LogP contribution is 2.32. The average Bonchev–Trinajstić information content (AvgIpc) is 2.75. The zero-order valence-electron chi connectivity index (χ0n) is 20.0. The first-order valence-corrected chi connectivity index (χ1v) is 12.1. The van der Waals surface area contributed by atoms with Crippen LogP contribution in [0.4, 0.5) is 10.5 Å². The number of alkyl carbamates (subject to hydrolysis) is 1. The van der Waals surface area contributed by atoms with E-state index in [4.69, 9.17) is 21.7 Å². The number of pyridine rings is 1. The third-order valence-electron chi connectivity index (χ3n) is 5.66. The largest absolute Gasteiger partial charge is 0.444 e. The number of hydrogen-bond acceptors (Lipinski definition) is 5. The number of benzene rings is 1. The van der Waals surface area contributed by atoms with E-state index in [0.717, 1.165) is 30.7 Å². The maximum atomic E-state index is 12.6. The molecule has 3 rings (SSSR count). The van der Waals surface area contributed by atoms with Gasteiger partial charge in [0, 0.05) is 6.07 Å². The molecule has 1 heterocycles. The molecular formula is C26H35N3O3S. The predicted octanol–water partition coefficient (Wildman–Crippen LogP) is 6.87. The lowest BCUT2D eigenvalue weighted by Crippen LogP contribution is -2.56. The molecule has 0 bridgehead atoms. The number of para-hydroxylation sites is 1. The summed E-state index contributed by atoms with van der Waals surface area (Å²) < 4.78 is 11.3. The third kappa shape index (κ3) is 8.00. The van der Waals surface area contributed by atoms with Crippen molar-refractivity contribution in [2.24, 2.45) is 5.92 Å². The van der Waals surface area contributed by atoms with Gasteiger partial charge in [-0.2, -0.15) is 0 Å². The number of anilines is 1. The van der Waals surface area contributed by atoms with Crippen LogP contribution in [0.3, 0.4) is 0 Å². The van der Waals surface area contributed by atoms with Crippen molar-refractivity contribution < 1.29 is 14.3 Å². The summed E-state index contributed by atoms with van der Waals surface area (Å²) in [6.45, 7) is 7.53. The van der Waals surface area contributed by atoms with Crippen molar-refractivity contribution in [3.05, 3.63) is 48.7 Å². The molecule has 0 radical (unpaired) electrons. The highest BCUT2D eigenvalue weighted by molar-refractivity contribution is 7.80. The predicted molar refractivity (Wildman–Crippen MR) is 136 cm³/mol.